The number of nitrogens with one attached hydrogen (secondary N) is 1. The number of hydrogen-bond donors (Lipinski definition) is 1. The highest BCUT2D eigenvalue weighted by Crippen LogP contribution is 2.58. The van der Waals surface area contributed by atoms with Crippen molar-refractivity contribution in [2.45, 2.75) is 55.6 Å². The van der Waals surface area contributed by atoms with Gasteiger partial charge in [0.2, 0.25) is 0 Å². The van der Waals surface area contributed by atoms with Crippen molar-refractivity contribution in [2.24, 2.45) is 0 Å². The number of carbonyl (C=O) groups is 1. The summed E-state index contributed by atoms with van der Waals surface area (Å²) in [4.78, 5) is 14.1. The number of fused-ring (bicyclic) bond motifs is 3. The van der Waals surface area contributed by atoms with Gasteiger partial charge in [-0.1, -0.05) is 70.5 Å². The normalized spacial score (nSPS) is 25.4. The summed E-state index contributed by atoms with van der Waals surface area (Å²) >= 11 is 3.59. The van der Waals surface area contributed by atoms with E-state index in [9.17, 15) is 4.79 Å². The summed E-state index contributed by atoms with van der Waals surface area (Å²) in [6.07, 6.45) is 4.16. The van der Waals surface area contributed by atoms with Gasteiger partial charge in [0.05, 0.1) is 0 Å². The van der Waals surface area contributed by atoms with Gasteiger partial charge in [-0.15, -0.1) is 0 Å². The second-order valence-electron chi connectivity index (χ2n) is 11.2. The number of carbonyl (C=O) groups excluding carboxylic acids is 1. The summed E-state index contributed by atoms with van der Waals surface area (Å²) in [6.45, 7) is 0.408. The predicted octanol–water partition coefficient (Wildman–Crippen LogP) is 7.95. The van der Waals surface area contributed by atoms with E-state index in [1.54, 1.807) is 0 Å². The van der Waals surface area contributed by atoms with Crippen molar-refractivity contribution in [2.75, 3.05) is 5.32 Å². The van der Waals surface area contributed by atoms with Gasteiger partial charge in [0, 0.05) is 15.6 Å². The van der Waals surface area contributed by atoms with Crippen LogP contribution in [0.2, 0.25) is 0 Å². The number of halogens is 1. The summed E-state index contributed by atoms with van der Waals surface area (Å²) in [5.41, 5.74) is 5.20. The van der Waals surface area contributed by atoms with Crippen LogP contribution in [0.1, 0.15) is 53.9 Å². The Labute approximate surface area is 237 Å². The number of rotatable bonds is 2. The van der Waals surface area contributed by atoms with Gasteiger partial charge >= 0.3 is 5.97 Å². The lowest BCUT2D eigenvalue weighted by Gasteiger charge is -2.47. The van der Waals surface area contributed by atoms with Crippen molar-refractivity contribution in [3.05, 3.63) is 124 Å². The molecule has 5 heteroatoms. The maximum absolute atomic E-state index is 14.1. The van der Waals surface area contributed by atoms with Gasteiger partial charge in [-0.3, -0.25) is 0 Å². The summed E-state index contributed by atoms with van der Waals surface area (Å²) in [5, 5.41) is 3.65. The van der Waals surface area contributed by atoms with Crippen molar-refractivity contribution < 1.29 is 14.3 Å². The first-order chi connectivity index (χ1) is 19.0. The quantitative estimate of drug-likeness (QED) is 0.193. The third-order valence-corrected chi connectivity index (χ3v) is 9.53. The molecule has 1 atom stereocenters. The lowest BCUT2D eigenvalue weighted by molar-refractivity contribution is -0.141. The Hall–Kier alpha value is -3.57. The molecule has 2 aliphatic carbocycles. The maximum Gasteiger partial charge on any atom is 0.337 e. The van der Waals surface area contributed by atoms with Gasteiger partial charge in [-0.25, -0.2) is 4.79 Å². The maximum atomic E-state index is 14.1. The summed E-state index contributed by atoms with van der Waals surface area (Å²) < 4.78 is 13.2. The summed E-state index contributed by atoms with van der Waals surface area (Å²) in [6, 6.07) is 33.3. The van der Waals surface area contributed by atoms with Gasteiger partial charge in [-0.2, -0.15) is 0 Å². The molecule has 0 amide bonds. The first-order valence-corrected chi connectivity index (χ1v) is 14.5. The molecule has 4 aromatic rings. The van der Waals surface area contributed by atoms with Crippen LogP contribution in [-0.4, -0.2) is 11.5 Å². The van der Waals surface area contributed by atoms with Crippen LogP contribution in [0.15, 0.2) is 102 Å². The van der Waals surface area contributed by atoms with E-state index in [2.05, 4.69) is 69.8 Å². The van der Waals surface area contributed by atoms with Crippen LogP contribution in [-0.2, 0) is 23.2 Å². The minimum atomic E-state index is -0.832. The largest absolute Gasteiger partial charge is 0.489 e. The van der Waals surface area contributed by atoms with Crippen molar-refractivity contribution in [1.29, 1.82) is 0 Å². The number of benzene rings is 4. The second-order valence-corrected chi connectivity index (χ2v) is 12.1. The molecule has 0 saturated heterocycles. The zero-order valence-electron chi connectivity index (χ0n) is 21.7. The monoisotopic (exact) mass is 579 g/mol. The third-order valence-electron chi connectivity index (χ3n) is 9.04. The van der Waals surface area contributed by atoms with Crippen LogP contribution in [0.4, 0.5) is 5.69 Å². The molecular formula is C34H30BrNO3. The van der Waals surface area contributed by atoms with Gasteiger partial charge in [0.25, 0.3) is 0 Å². The molecule has 1 unspecified atom stereocenters. The second kappa shape index (κ2) is 9.56. The molecule has 1 N–H and O–H groups in total. The number of ether oxygens (including phenoxy) is 2. The molecule has 3 aliphatic heterocycles. The first kappa shape index (κ1) is 24.5. The Morgan fingerprint density at radius 2 is 1.59 bits per heavy atom. The molecule has 1 spiro atoms. The Morgan fingerprint density at radius 3 is 2.41 bits per heavy atom. The smallest absolute Gasteiger partial charge is 0.337 e. The van der Waals surface area contributed by atoms with Crippen LogP contribution in [0.3, 0.4) is 0 Å². The Balaban J connectivity index is 1.34. The molecule has 0 radical (unpaired) electrons. The molecule has 6 bridgehead atoms. The van der Waals surface area contributed by atoms with E-state index in [1.807, 2.05) is 48.5 Å². The van der Waals surface area contributed by atoms with Crippen LogP contribution >= 0.6 is 15.9 Å². The van der Waals surface area contributed by atoms with Gasteiger partial charge in [0.15, 0.2) is 0 Å². The number of anilines is 1. The van der Waals surface area contributed by atoms with Crippen molar-refractivity contribution >= 4 is 27.6 Å². The Morgan fingerprint density at radius 1 is 0.795 bits per heavy atom. The fraction of sp³-hybridized carbons (Fsp3) is 0.265. The van der Waals surface area contributed by atoms with Gasteiger partial charge in [0.1, 0.15) is 23.6 Å². The Bertz CT molecular complexity index is 1540. The molecule has 9 rings (SSSR count). The van der Waals surface area contributed by atoms with E-state index in [0.29, 0.717) is 31.1 Å². The van der Waals surface area contributed by atoms with E-state index >= 15 is 0 Å². The fourth-order valence-electron chi connectivity index (χ4n) is 7.05. The molecule has 1 fully saturated rings. The van der Waals surface area contributed by atoms with Gasteiger partial charge < -0.3 is 14.8 Å². The zero-order valence-corrected chi connectivity index (χ0v) is 23.2. The molecule has 1 saturated carbocycles. The molecular weight excluding hydrogens is 550 g/mol. The standard InChI is InChI=1S/C34H30BrNO3/c35-26-7-4-8-27(21-26)36-34-17-15-33(16-18-34)30-10-2-1-6-25(30)20-31(33)24-11-13-28(14-12-24)38-22-23-5-3-9-29(19-23)39-32(34)37/h1-14,19,21,31,36H,15-18,20,22H2. The zero-order chi connectivity index (χ0) is 26.5. The molecule has 0 aromatic heterocycles. The average Bonchev–Trinajstić information content (AvgIpc) is 3.27. The highest BCUT2D eigenvalue weighted by atomic mass is 79.9. The van der Waals surface area contributed by atoms with Gasteiger partial charge in [-0.05, 0) is 103 Å². The third kappa shape index (κ3) is 4.33. The van der Waals surface area contributed by atoms with E-state index in [0.717, 1.165) is 40.7 Å². The van der Waals surface area contributed by atoms with Crippen LogP contribution in [0, 0.1) is 0 Å². The van der Waals surface area contributed by atoms with E-state index < -0.39 is 5.54 Å². The average molecular weight is 581 g/mol. The highest BCUT2D eigenvalue weighted by Gasteiger charge is 2.54. The molecule has 3 heterocycles. The summed E-state index contributed by atoms with van der Waals surface area (Å²) in [5.74, 6) is 1.51. The van der Waals surface area contributed by atoms with Crippen molar-refractivity contribution in [3.63, 3.8) is 0 Å². The highest BCUT2D eigenvalue weighted by molar-refractivity contribution is 9.10. The van der Waals surface area contributed by atoms with Crippen LogP contribution in [0.25, 0.3) is 0 Å². The first-order valence-electron chi connectivity index (χ1n) is 13.7. The van der Waals surface area contributed by atoms with Crippen LogP contribution < -0.4 is 14.8 Å². The Kier molecular flexibility index (Phi) is 6.00. The topological polar surface area (TPSA) is 47.6 Å². The number of esters is 1. The lowest BCUT2D eigenvalue weighted by Crippen LogP contribution is -2.54. The van der Waals surface area contributed by atoms with Crippen molar-refractivity contribution in [1.82, 2.24) is 0 Å². The fourth-order valence-corrected chi connectivity index (χ4v) is 7.45. The lowest BCUT2D eigenvalue weighted by atomic mass is 9.59. The molecule has 5 aliphatic rings. The molecule has 196 valence electrons. The molecule has 4 aromatic carbocycles. The molecule has 39 heavy (non-hydrogen) atoms. The van der Waals surface area contributed by atoms with E-state index in [1.165, 1.54) is 16.7 Å². The minimum Gasteiger partial charge on any atom is -0.489 e. The van der Waals surface area contributed by atoms with E-state index in [4.69, 9.17) is 9.47 Å². The van der Waals surface area contributed by atoms with Crippen molar-refractivity contribution in [3.8, 4) is 11.5 Å². The van der Waals surface area contributed by atoms with Crippen LogP contribution in [0.5, 0.6) is 11.5 Å². The molecule has 4 nitrogen and oxygen atoms in total. The minimum absolute atomic E-state index is 0.0291. The van der Waals surface area contributed by atoms with E-state index in [-0.39, 0.29) is 11.4 Å². The predicted molar refractivity (Wildman–Crippen MR) is 156 cm³/mol. The summed E-state index contributed by atoms with van der Waals surface area (Å²) in [7, 11) is 0. The SMILES string of the molecule is O=C1Oc2cccc(c2)COc2ccc(cc2)C2Cc3ccccc3C23CCC1(Nc1cccc(Br)c1)CC3. The number of hydrogen-bond acceptors (Lipinski definition) is 4.